The molecule has 0 amide bonds. The summed E-state index contributed by atoms with van der Waals surface area (Å²) in [5.74, 6) is -0.0150. The van der Waals surface area contributed by atoms with Gasteiger partial charge in [0.05, 0.1) is 18.8 Å². The first-order valence-electron chi connectivity index (χ1n) is 11.6. The zero-order valence-electron chi connectivity index (χ0n) is 19.7. The Bertz CT molecular complexity index is 1120. The van der Waals surface area contributed by atoms with Gasteiger partial charge in [0.15, 0.2) is 5.78 Å². The first-order valence-corrected chi connectivity index (χ1v) is 11.6. The summed E-state index contributed by atoms with van der Waals surface area (Å²) < 4.78 is 11.2. The lowest BCUT2D eigenvalue weighted by Crippen LogP contribution is -2.36. The van der Waals surface area contributed by atoms with Gasteiger partial charge in [-0.05, 0) is 55.9 Å². The second-order valence-electron chi connectivity index (χ2n) is 8.83. The van der Waals surface area contributed by atoms with Crippen LogP contribution in [0.1, 0.15) is 63.0 Å². The SMILES string of the molecule is CC[C@@H](C)OC(=O)C1=C(C)NC2=C(C(=O)C[C@@H](c3ccccc3)C2)[C@H]1c1cccc(OC)c1. The fourth-order valence-corrected chi connectivity index (χ4v) is 4.75. The van der Waals surface area contributed by atoms with Crippen LogP contribution in [0.15, 0.2) is 77.1 Å². The molecule has 0 radical (unpaired) electrons. The molecule has 0 fully saturated rings. The summed E-state index contributed by atoms with van der Waals surface area (Å²) in [6.45, 7) is 5.75. The average molecular weight is 446 g/mol. The lowest BCUT2D eigenvalue weighted by Gasteiger charge is -2.37. The number of Topliss-reactive ketones (excluding diaryl/α,β-unsaturated/α-hetero) is 1. The number of rotatable bonds is 6. The highest BCUT2D eigenvalue weighted by Crippen LogP contribution is 2.46. The molecule has 1 aliphatic heterocycles. The normalized spacial score (nSPS) is 21.3. The van der Waals surface area contributed by atoms with Crippen molar-refractivity contribution in [2.45, 2.75) is 58.0 Å². The second kappa shape index (κ2) is 9.65. The molecule has 2 aliphatic rings. The summed E-state index contributed by atoms with van der Waals surface area (Å²) >= 11 is 0. The summed E-state index contributed by atoms with van der Waals surface area (Å²) in [7, 11) is 1.61. The molecule has 5 nitrogen and oxygen atoms in total. The van der Waals surface area contributed by atoms with Gasteiger partial charge in [-0.2, -0.15) is 0 Å². The Labute approximate surface area is 195 Å². The lowest BCUT2D eigenvalue weighted by molar-refractivity contribution is -0.144. The van der Waals surface area contributed by atoms with Crippen LogP contribution in [-0.2, 0) is 14.3 Å². The summed E-state index contributed by atoms with van der Waals surface area (Å²) in [4.78, 5) is 26.9. The molecule has 172 valence electrons. The van der Waals surface area contributed by atoms with E-state index < -0.39 is 5.92 Å². The van der Waals surface area contributed by atoms with Crippen molar-refractivity contribution in [2.75, 3.05) is 7.11 Å². The van der Waals surface area contributed by atoms with Crippen LogP contribution in [0.4, 0.5) is 0 Å². The molecule has 0 unspecified atom stereocenters. The molecule has 0 aromatic heterocycles. The summed E-state index contributed by atoms with van der Waals surface area (Å²) in [6.07, 6.45) is 1.65. The van der Waals surface area contributed by atoms with Crippen molar-refractivity contribution in [3.8, 4) is 5.75 Å². The maximum absolute atomic E-state index is 13.6. The second-order valence-corrected chi connectivity index (χ2v) is 8.83. The smallest absolute Gasteiger partial charge is 0.337 e. The molecule has 1 aliphatic carbocycles. The number of ketones is 1. The predicted octanol–water partition coefficient (Wildman–Crippen LogP) is 5.40. The van der Waals surface area contributed by atoms with Crippen molar-refractivity contribution in [3.05, 3.63) is 88.3 Å². The molecule has 3 atom stereocenters. The van der Waals surface area contributed by atoms with E-state index in [-0.39, 0.29) is 23.8 Å². The molecule has 0 saturated heterocycles. The van der Waals surface area contributed by atoms with Crippen LogP contribution >= 0.6 is 0 Å². The fourth-order valence-electron chi connectivity index (χ4n) is 4.75. The minimum Gasteiger partial charge on any atom is -0.497 e. The van der Waals surface area contributed by atoms with E-state index >= 15 is 0 Å². The zero-order chi connectivity index (χ0) is 23.5. The van der Waals surface area contributed by atoms with Crippen LogP contribution in [-0.4, -0.2) is 25.0 Å². The Morgan fingerprint density at radius 2 is 1.82 bits per heavy atom. The van der Waals surface area contributed by atoms with Crippen molar-refractivity contribution < 1.29 is 19.1 Å². The quantitative estimate of drug-likeness (QED) is 0.603. The molecule has 33 heavy (non-hydrogen) atoms. The van der Waals surface area contributed by atoms with Gasteiger partial charge >= 0.3 is 5.97 Å². The topological polar surface area (TPSA) is 64.6 Å². The largest absolute Gasteiger partial charge is 0.497 e. The monoisotopic (exact) mass is 445 g/mol. The van der Waals surface area contributed by atoms with Gasteiger partial charge < -0.3 is 14.8 Å². The number of hydrogen-bond acceptors (Lipinski definition) is 5. The number of carbonyl (C=O) groups excluding carboxylic acids is 2. The van der Waals surface area contributed by atoms with Crippen LogP contribution in [0.25, 0.3) is 0 Å². The average Bonchev–Trinajstić information content (AvgIpc) is 2.83. The van der Waals surface area contributed by atoms with Crippen molar-refractivity contribution in [1.29, 1.82) is 0 Å². The van der Waals surface area contributed by atoms with Crippen molar-refractivity contribution in [3.63, 3.8) is 0 Å². The number of esters is 1. The number of carbonyl (C=O) groups is 2. The van der Waals surface area contributed by atoms with Gasteiger partial charge in [-0.15, -0.1) is 0 Å². The zero-order valence-corrected chi connectivity index (χ0v) is 19.7. The molecule has 2 aromatic carbocycles. The summed E-state index contributed by atoms with van der Waals surface area (Å²) in [6, 6.07) is 17.7. The van der Waals surface area contributed by atoms with Crippen LogP contribution in [0, 0.1) is 0 Å². The predicted molar refractivity (Wildman–Crippen MR) is 128 cm³/mol. The van der Waals surface area contributed by atoms with Crippen LogP contribution in [0.5, 0.6) is 5.75 Å². The van der Waals surface area contributed by atoms with Crippen molar-refractivity contribution >= 4 is 11.8 Å². The van der Waals surface area contributed by atoms with Crippen molar-refractivity contribution in [2.24, 2.45) is 0 Å². The molecular weight excluding hydrogens is 414 g/mol. The minimum atomic E-state index is -0.489. The van der Waals surface area contributed by atoms with E-state index in [1.165, 1.54) is 0 Å². The van der Waals surface area contributed by atoms with Gasteiger partial charge in [-0.25, -0.2) is 4.79 Å². The van der Waals surface area contributed by atoms with E-state index in [1.54, 1.807) is 7.11 Å². The Balaban J connectivity index is 1.80. The molecule has 0 bridgehead atoms. The van der Waals surface area contributed by atoms with Gasteiger partial charge in [0.1, 0.15) is 5.75 Å². The Hall–Kier alpha value is -3.34. The van der Waals surface area contributed by atoms with E-state index in [0.717, 1.165) is 35.4 Å². The van der Waals surface area contributed by atoms with Gasteiger partial charge in [0, 0.05) is 29.3 Å². The third-order valence-corrected chi connectivity index (χ3v) is 6.63. The van der Waals surface area contributed by atoms with Gasteiger partial charge in [0.25, 0.3) is 0 Å². The van der Waals surface area contributed by atoms with E-state index in [1.807, 2.05) is 63.2 Å². The number of allylic oxidation sites excluding steroid dienone is 3. The van der Waals surface area contributed by atoms with Gasteiger partial charge in [0.2, 0.25) is 0 Å². The van der Waals surface area contributed by atoms with Crippen molar-refractivity contribution in [1.82, 2.24) is 5.32 Å². The van der Waals surface area contributed by atoms with E-state index in [9.17, 15) is 9.59 Å². The maximum atomic E-state index is 13.6. The fraction of sp³-hybridized carbons (Fsp3) is 0.357. The molecule has 5 heteroatoms. The third-order valence-electron chi connectivity index (χ3n) is 6.63. The Morgan fingerprint density at radius 1 is 1.09 bits per heavy atom. The van der Waals surface area contributed by atoms with Crippen LogP contribution in [0.2, 0.25) is 0 Å². The first kappa shape index (κ1) is 22.8. The highest BCUT2D eigenvalue weighted by molar-refractivity contribution is 6.04. The van der Waals surface area contributed by atoms with E-state index in [2.05, 4.69) is 17.4 Å². The first-order chi connectivity index (χ1) is 15.9. The molecule has 1 N–H and O–H groups in total. The van der Waals surface area contributed by atoms with Crippen LogP contribution in [0.3, 0.4) is 0 Å². The highest BCUT2D eigenvalue weighted by atomic mass is 16.5. The standard InChI is InChI=1S/C28H31NO4/c1-5-17(2)33-28(31)25-18(3)29-23-15-21(19-10-7-6-8-11-19)16-24(30)27(23)26(25)20-12-9-13-22(14-20)32-4/h6-14,17,21,26,29H,5,15-16H2,1-4H3/t17-,21+,26+/m1/s1. The van der Waals surface area contributed by atoms with E-state index in [4.69, 9.17) is 9.47 Å². The van der Waals surface area contributed by atoms with Crippen LogP contribution < -0.4 is 10.1 Å². The number of nitrogens with one attached hydrogen (secondary N) is 1. The molecule has 0 saturated carbocycles. The van der Waals surface area contributed by atoms with Gasteiger partial charge in [-0.1, -0.05) is 49.4 Å². The Morgan fingerprint density at radius 3 is 2.52 bits per heavy atom. The molecule has 2 aromatic rings. The summed E-state index contributed by atoms with van der Waals surface area (Å²) in [5.41, 5.74) is 4.79. The molecule has 4 rings (SSSR count). The molecular formula is C28H31NO4. The molecule has 1 heterocycles. The highest BCUT2D eigenvalue weighted by Gasteiger charge is 2.41. The lowest BCUT2D eigenvalue weighted by atomic mass is 9.71. The number of benzene rings is 2. The minimum absolute atomic E-state index is 0.0618. The van der Waals surface area contributed by atoms with E-state index in [0.29, 0.717) is 23.3 Å². The molecule has 0 spiro atoms. The number of ether oxygens (including phenoxy) is 2. The maximum Gasteiger partial charge on any atom is 0.337 e. The summed E-state index contributed by atoms with van der Waals surface area (Å²) in [5, 5.41) is 3.41. The number of hydrogen-bond donors (Lipinski definition) is 1. The Kier molecular flexibility index (Phi) is 6.68. The number of dihydropyridines is 1. The third kappa shape index (κ3) is 4.58. The van der Waals surface area contributed by atoms with Gasteiger partial charge in [-0.3, -0.25) is 4.79 Å². The number of methoxy groups -OCH3 is 1.